The molecule has 1 aromatic heterocycles. The number of rotatable bonds is 5. The predicted octanol–water partition coefficient (Wildman–Crippen LogP) is 2.12. The fraction of sp³-hybridized carbons (Fsp3) is 0.133. The van der Waals surface area contributed by atoms with Crippen molar-refractivity contribution in [3.05, 3.63) is 36.4 Å². The highest BCUT2D eigenvalue weighted by atomic mass is 32.2. The summed E-state index contributed by atoms with van der Waals surface area (Å²) in [5, 5.41) is 0. The van der Waals surface area contributed by atoms with Crippen LogP contribution in [0.4, 0.5) is 0 Å². The summed E-state index contributed by atoms with van der Waals surface area (Å²) in [7, 11) is -9.47. The van der Waals surface area contributed by atoms with Gasteiger partial charge in [0.2, 0.25) is 0 Å². The maximum atomic E-state index is 11.6. The number of aromatic amines is 1. The zero-order valence-electron chi connectivity index (χ0n) is 13.4. The molecule has 1 heterocycles. The highest BCUT2D eigenvalue weighted by Gasteiger charge is 2.23. The van der Waals surface area contributed by atoms with E-state index in [1.165, 1.54) is 0 Å². The highest BCUT2D eigenvalue weighted by Crippen LogP contribution is 2.29. The van der Waals surface area contributed by atoms with E-state index in [4.69, 9.17) is 4.74 Å². The normalized spacial score (nSPS) is 12.4. The average molecular weight is 398 g/mol. The summed E-state index contributed by atoms with van der Waals surface area (Å²) in [6, 6.07) is 8.47. The van der Waals surface area contributed by atoms with Crippen LogP contribution < -0.4 is 4.74 Å². The Morgan fingerprint density at radius 2 is 1.81 bits per heavy atom. The first-order valence-electron chi connectivity index (χ1n) is 7.31. The molecule has 0 saturated carbocycles. The molecule has 0 bridgehead atoms. The monoisotopic (exact) mass is 398 g/mol. The second-order valence-electron chi connectivity index (χ2n) is 5.31. The van der Waals surface area contributed by atoms with Crippen molar-refractivity contribution >= 4 is 31.3 Å². The molecule has 0 aliphatic carbocycles. The number of hydrogen-bond acceptors (Lipinski definition) is 6. The zero-order valence-corrected chi connectivity index (χ0v) is 15.0. The standard InChI is InChI=1S/C15H14N2O7S2/c1-2-24-10-5-3-4-9(6-10)15-16-12-7-11(25(18,19)20)8-13(14(12)17-15)26(21,22)23/h3-8H,2H2,1H3,(H,16,17)(H,18,19,20)(H,21,22,23). The number of nitrogens with zero attached hydrogens (tertiary/aromatic N) is 1. The summed E-state index contributed by atoms with van der Waals surface area (Å²) < 4.78 is 70.0. The van der Waals surface area contributed by atoms with Crippen LogP contribution in [-0.4, -0.2) is 42.5 Å². The molecule has 26 heavy (non-hydrogen) atoms. The van der Waals surface area contributed by atoms with E-state index in [0.717, 1.165) is 6.07 Å². The van der Waals surface area contributed by atoms with Crippen molar-refractivity contribution in [2.75, 3.05) is 6.61 Å². The van der Waals surface area contributed by atoms with Crippen molar-refractivity contribution in [2.45, 2.75) is 16.7 Å². The smallest absolute Gasteiger partial charge is 0.296 e. The van der Waals surface area contributed by atoms with E-state index in [2.05, 4.69) is 9.97 Å². The summed E-state index contributed by atoms with van der Waals surface area (Å²) in [6.45, 7) is 2.28. The lowest BCUT2D eigenvalue weighted by atomic mass is 10.2. The average Bonchev–Trinajstić information content (AvgIpc) is 2.96. The van der Waals surface area contributed by atoms with Gasteiger partial charge in [-0.05, 0) is 31.2 Å². The van der Waals surface area contributed by atoms with E-state index in [0.29, 0.717) is 24.0 Å². The minimum absolute atomic E-state index is 0.0181. The van der Waals surface area contributed by atoms with E-state index >= 15 is 0 Å². The van der Waals surface area contributed by atoms with Crippen LogP contribution in [0, 0.1) is 0 Å². The lowest BCUT2D eigenvalue weighted by Gasteiger charge is -2.03. The minimum atomic E-state index is -4.78. The Morgan fingerprint density at radius 1 is 1.08 bits per heavy atom. The third-order valence-corrected chi connectivity index (χ3v) is 5.22. The van der Waals surface area contributed by atoms with Gasteiger partial charge < -0.3 is 9.72 Å². The van der Waals surface area contributed by atoms with Crippen molar-refractivity contribution < 1.29 is 30.7 Å². The van der Waals surface area contributed by atoms with Crippen LogP contribution in [0.25, 0.3) is 22.4 Å². The Hall–Kier alpha value is -2.47. The molecular formula is C15H14N2O7S2. The third kappa shape index (κ3) is 3.55. The van der Waals surface area contributed by atoms with Gasteiger partial charge in [0.1, 0.15) is 22.0 Å². The lowest BCUT2D eigenvalue weighted by Crippen LogP contribution is -2.04. The Labute approximate surface area is 149 Å². The Morgan fingerprint density at radius 3 is 2.42 bits per heavy atom. The summed E-state index contributed by atoms with van der Waals surface area (Å²) in [4.78, 5) is 5.52. The fourth-order valence-corrected chi connectivity index (χ4v) is 3.73. The molecule has 2 aromatic carbocycles. The van der Waals surface area contributed by atoms with Crippen LogP contribution in [0.1, 0.15) is 6.92 Å². The number of nitrogens with one attached hydrogen (secondary N) is 1. The Balaban J connectivity index is 2.27. The van der Waals surface area contributed by atoms with Gasteiger partial charge in [-0.15, -0.1) is 0 Å². The highest BCUT2D eigenvalue weighted by molar-refractivity contribution is 7.86. The molecule has 0 aliphatic rings. The van der Waals surface area contributed by atoms with Crippen LogP contribution in [0.5, 0.6) is 5.75 Å². The van der Waals surface area contributed by atoms with E-state index in [1.807, 2.05) is 6.92 Å². The largest absolute Gasteiger partial charge is 0.494 e. The molecule has 0 radical (unpaired) electrons. The molecule has 11 heteroatoms. The second-order valence-corrected chi connectivity index (χ2v) is 8.13. The number of H-pyrrole nitrogens is 1. The lowest BCUT2D eigenvalue weighted by molar-refractivity contribution is 0.340. The van der Waals surface area contributed by atoms with Gasteiger partial charge in [0, 0.05) is 5.56 Å². The number of imidazole rings is 1. The topological polar surface area (TPSA) is 147 Å². The molecule has 0 atom stereocenters. The SMILES string of the molecule is CCOc1cccc(-c2nc3c(S(=O)(=O)O)cc(S(=O)(=O)O)cc3[nH]2)c1. The van der Waals surface area contributed by atoms with Crippen LogP contribution in [0.3, 0.4) is 0 Å². The van der Waals surface area contributed by atoms with E-state index < -0.39 is 30.0 Å². The summed E-state index contributed by atoms with van der Waals surface area (Å²) in [5.41, 5.74) is 0.420. The summed E-state index contributed by atoms with van der Waals surface area (Å²) in [5.74, 6) is 0.804. The quantitative estimate of drug-likeness (QED) is 0.554. The summed E-state index contributed by atoms with van der Waals surface area (Å²) >= 11 is 0. The number of fused-ring (bicyclic) bond motifs is 1. The molecule has 3 aromatic rings. The van der Waals surface area contributed by atoms with Crippen LogP contribution in [0.2, 0.25) is 0 Å². The zero-order chi connectivity index (χ0) is 19.1. The number of benzene rings is 2. The van der Waals surface area contributed by atoms with Gasteiger partial charge in [-0.1, -0.05) is 12.1 Å². The van der Waals surface area contributed by atoms with Gasteiger partial charge in [-0.2, -0.15) is 16.8 Å². The van der Waals surface area contributed by atoms with Crippen molar-refractivity contribution in [1.82, 2.24) is 9.97 Å². The molecule has 3 rings (SSSR count). The van der Waals surface area contributed by atoms with Crippen LogP contribution in [-0.2, 0) is 20.2 Å². The van der Waals surface area contributed by atoms with Gasteiger partial charge >= 0.3 is 0 Å². The molecule has 0 fully saturated rings. The first-order valence-corrected chi connectivity index (χ1v) is 10.2. The van der Waals surface area contributed by atoms with Crippen molar-refractivity contribution in [3.8, 4) is 17.1 Å². The molecule has 0 aliphatic heterocycles. The van der Waals surface area contributed by atoms with Crippen molar-refractivity contribution in [2.24, 2.45) is 0 Å². The molecule has 138 valence electrons. The molecule has 3 N–H and O–H groups in total. The Kier molecular flexibility index (Phi) is 4.48. The molecule has 0 unspecified atom stereocenters. The van der Waals surface area contributed by atoms with E-state index in [-0.39, 0.29) is 16.9 Å². The van der Waals surface area contributed by atoms with Crippen LogP contribution >= 0.6 is 0 Å². The minimum Gasteiger partial charge on any atom is -0.494 e. The molecule has 0 spiro atoms. The predicted molar refractivity (Wildman–Crippen MR) is 92.3 cm³/mol. The first kappa shape index (κ1) is 18.3. The number of ether oxygens (including phenoxy) is 1. The van der Waals surface area contributed by atoms with Gasteiger partial charge in [0.15, 0.2) is 0 Å². The van der Waals surface area contributed by atoms with Gasteiger partial charge in [0.05, 0.1) is 17.0 Å². The molecule has 0 saturated heterocycles. The third-order valence-electron chi connectivity index (χ3n) is 3.52. The number of aromatic nitrogens is 2. The van der Waals surface area contributed by atoms with Gasteiger partial charge in [-0.25, -0.2) is 4.98 Å². The molecule has 0 amide bonds. The van der Waals surface area contributed by atoms with Gasteiger partial charge in [0.25, 0.3) is 20.2 Å². The van der Waals surface area contributed by atoms with E-state index in [9.17, 15) is 25.9 Å². The maximum Gasteiger partial charge on any atom is 0.296 e. The van der Waals surface area contributed by atoms with E-state index in [1.54, 1.807) is 24.3 Å². The second kappa shape index (κ2) is 6.36. The fourth-order valence-electron chi connectivity index (χ4n) is 2.44. The summed E-state index contributed by atoms with van der Waals surface area (Å²) in [6.07, 6.45) is 0. The number of hydrogen-bond donors (Lipinski definition) is 3. The molecular weight excluding hydrogens is 384 g/mol. The van der Waals surface area contributed by atoms with Crippen molar-refractivity contribution in [3.63, 3.8) is 0 Å². The first-order chi connectivity index (χ1) is 12.1. The Bertz CT molecular complexity index is 1200. The van der Waals surface area contributed by atoms with Crippen molar-refractivity contribution in [1.29, 1.82) is 0 Å². The van der Waals surface area contributed by atoms with Gasteiger partial charge in [-0.3, -0.25) is 9.11 Å². The maximum absolute atomic E-state index is 11.6. The molecule has 9 nitrogen and oxygen atoms in total. The van der Waals surface area contributed by atoms with Crippen LogP contribution in [0.15, 0.2) is 46.2 Å².